The molecule has 0 spiro atoms. The van der Waals surface area contributed by atoms with Gasteiger partial charge in [0.2, 0.25) is 0 Å². The molecular formula is C22H23N3O3. The second-order valence-corrected chi connectivity index (χ2v) is 7.45. The fourth-order valence-electron chi connectivity index (χ4n) is 2.61. The van der Waals surface area contributed by atoms with Crippen LogP contribution in [-0.4, -0.2) is 16.8 Å². The zero-order chi connectivity index (χ0) is 20.1. The van der Waals surface area contributed by atoms with E-state index in [1.54, 1.807) is 36.6 Å². The standard InChI is InChI=1S/C22H23N3O3/c1-22(2,3)15-9-11-16(12-10-15)24-21(27)19-8-4-7-18(25-19)20(26)23-14-17-6-5-13-28-17/h4-13H,14H2,1-3H3,(H,23,26)(H,24,27). The Balaban J connectivity index is 1.65. The van der Waals surface area contributed by atoms with E-state index < -0.39 is 0 Å². The van der Waals surface area contributed by atoms with Gasteiger partial charge in [0, 0.05) is 5.69 Å². The van der Waals surface area contributed by atoms with Gasteiger partial charge in [-0.3, -0.25) is 9.59 Å². The number of rotatable bonds is 5. The first-order valence-electron chi connectivity index (χ1n) is 9.02. The van der Waals surface area contributed by atoms with Crippen LogP contribution in [0.25, 0.3) is 0 Å². The van der Waals surface area contributed by atoms with E-state index in [0.29, 0.717) is 11.4 Å². The van der Waals surface area contributed by atoms with Crippen molar-refractivity contribution in [2.75, 3.05) is 5.32 Å². The number of pyridine rings is 1. The molecule has 2 aromatic heterocycles. The molecule has 0 aliphatic rings. The summed E-state index contributed by atoms with van der Waals surface area (Å²) < 4.78 is 5.18. The van der Waals surface area contributed by atoms with Gasteiger partial charge in [-0.25, -0.2) is 4.98 Å². The first kappa shape index (κ1) is 19.4. The van der Waals surface area contributed by atoms with E-state index in [9.17, 15) is 9.59 Å². The summed E-state index contributed by atoms with van der Waals surface area (Å²) in [5.74, 6) is -0.106. The average molecular weight is 377 g/mol. The van der Waals surface area contributed by atoms with E-state index in [-0.39, 0.29) is 35.2 Å². The molecular weight excluding hydrogens is 354 g/mol. The molecule has 0 aliphatic heterocycles. The Morgan fingerprint density at radius 2 is 1.61 bits per heavy atom. The summed E-state index contributed by atoms with van der Waals surface area (Å²) in [5.41, 5.74) is 2.24. The molecule has 0 aliphatic carbocycles. The van der Waals surface area contributed by atoms with Crippen LogP contribution < -0.4 is 10.6 Å². The summed E-state index contributed by atoms with van der Waals surface area (Å²) in [5, 5.41) is 5.52. The van der Waals surface area contributed by atoms with E-state index in [4.69, 9.17) is 4.42 Å². The Morgan fingerprint density at radius 3 is 2.21 bits per heavy atom. The van der Waals surface area contributed by atoms with Gasteiger partial charge < -0.3 is 15.1 Å². The molecule has 2 heterocycles. The fraction of sp³-hybridized carbons (Fsp3) is 0.227. The van der Waals surface area contributed by atoms with Gasteiger partial charge in [-0.05, 0) is 47.4 Å². The largest absolute Gasteiger partial charge is 0.467 e. The quantitative estimate of drug-likeness (QED) is 0.699. The monoisotopic (exact) mass is 377 g/mol. The maximum Gasteiger partial charge on any atom is 0.274 e. The number of furan rings is 1. The summed E-state index contributed by atoms with van der Waals surface area (Å²) in [7, 11) is 0. The number of nitrogens with one attached hydrogen (secondary N) is 2. The van der Waals surface area contributed by atoms with Crippen LogP contribution in [0.1, 0.15) is 53.1 Å². The zero-order valence-electron chi connectivity index (χ0n) is 16.2. The lowest BCUT2D eigenvalue weighted by atomic mass is 9.87. The van der Waals surface area contributed by atoms with E-state index in [2.05, 4.69) is 36.4 Å². The third-order valence-corrected chi connectivity index (χ3v) is 4.23. The van der Waals surface area contributed by atoms with Crippen molar-refractivity contribution in [3.05, 3.63) is 83.6 Å². The number of amides is 2. The SMILES string of the molecule is CC(C)(C)c1ccc(NC(=O)c2cccc(C(=O)NCc3ccco3)n2)cc1. The van der Waals surface area contributed by atoms with Gasteiger partial charge in [-0.2, -0.15) is 0 Å². The van der Waals surface area contributed by atoms with Gasteiger partial charge in [0.05, 0.1) is 12.8 Å². The Morgan fingerprint density at radius 1 is 0.929 bits per heavy atom. The second kappa shape index (κ2) is 8.08. The third kappa shape index (κ3) is 4.85. The number of nitrogens with zero attached hydrogens (tertiary/aromatic N) is 1. The lowest BCUT2D eigenvalue weighted by Crippen LogP contribution is -2.24. The second-order valence-electron chi connectivity index (χ2n) is 7.45. The lowest BCUT2D eigenvalue weighted by molar-refractivity contribution is 0.0943. The minimum atomic E-state index is -0.374. The van der Waals surface area contributed by atoms with Crippen molar-refractivity contribution < 1.29 is 14.0 Å². The van der Waals surface area contributed by atoms with E-state index in [1.165, 1.54) is 5.56 Å². The van der Waals surface area contributed by atoms with Crippen LogP contribution in [0.15, 0.2) is 65.3 Å². The maximum absolute atomic E-state index is 12.5. The van der Waals surface area contributed by atoms with Crippen LogP contribution in [0, 0.1) is 0 Å². The maximum atomic E-state index is 12.5. The molecule has 0 atom stereocenters. The summed E-state index contributed by atoms with van der Waals surface area (Å²) in [4.78, 5) is 28.9. The molecule has 6 heteroatoms. The number of benzene rings is 1. The van der Waals surface area contributed by atoms with Crippen LogP contribution in [0.5, 0.6) is 0 Å². The summed E-state index contributed by atoms with van der Waals surface area (Å²) in [6.07, 6.45) is 1.54. The molecule has 0 bridgehead atoms. The molecule has 3 aromatic rings. The highest BCUT2D eigenvalue weighted by molar-refractivity contribution is 6.03. The first-order valence-corrected chi connectivity index (χ1v) is 9.02. The van der Waals surface area contributed by atoms with Crippen molar-refractivity contribution in [3.63, 3.8) is 0 Å². The fourth-order valence-corrected chi connectivity index (χ4v) is 2.61. The van der Waals surface area contributed by atoms with Gasteiger partial charge in [0.15, 0.2) is 0 Å². The molecule has 0 radical (unpaired) electrons. The molecule has 3 rings (SSSR count). The molecule has 0 saturated heterocycles. The van der Waals surface area contributed by atoms with Crippen LogP contribution in [0.4, 0.5) is 5.69 Å². The molecule has 0 unspecified atom stereocenters. The number of aromatic nitrogens is 1. The molecule has 144 valence electrons. The van der Waals surface area contributed by atoms with Crippen molar-refractivity contribution in [2.45, 2.75) is 32.7 Å². The summed E-state index contributed by atoms with van der Waals surface area (Å²) >= 11 is 0. The van der Waals surface area contributed by atoms with Gasteiger partial charge in [0.25, 0.3) is 11.8 Å². The number of carbonyl (C=O) groups excluding carboxylic acids is 2. The van der Waals surface area contributed by atoms with Crippen LogP contribution in [-0.2, 0) is 12.0 Å². The normalized spacial score (nSPS) is 11.1. The Labute approximate surface area is 164 Å². The van der Waals surface area contributed by atoms with E-state index >= 15 is 0 Å². The van der Waals surface area contributed by atoms with Crippen LogP contribution in [0.2, 0.25) is 0 Å². The zero-order valence-corrected chi connectivity index (χ0v) is 16.2. The van der Waals surface area contributed by atoms with Crippen molar-refractivity contribution in [3.8, 4) is 0 Å². The predicted molar refractivity (Wildman–Crippen MR) is 107 cm³/mol. The molecule has 0 fully saturated rings. The molecule has 0 saturated carbocycles. The molecule has 1 aromatic carbocycles. The molecule has 6 nitrogen and oxygen atoms in total. The summed E-state index contributed by atoms with van der Waals surface area (Å²) in [6, 6.07) is 16.0. The highest BCUT2D eigenvalue weighted by Gasteiger charge is 2.15. The van der Waals surface area contributed by atoms with E-state index in [0.717, 1.165) is 0 Å². The Hall–Kier alpha value is -3.41. The average Bonchev–Trinajstić information content (AvgIpc) is 3.19. The number of carbonyl (C=O) groups is 2. The lowest BCUT2D eigenvalue weighted by Gasteiger charge is -2.19. The Bertz CT molecular complexity index is 955. The highest BCUT2D eigenvalue weighted by Crippen LogP contribution is 2.23. The van der Waals surface area contributed by atoms with Crippen LogP contribution >= 0.6 is 0 Å². The smallest absolute Gasteiger partial charge is 0.274 e. The third-order valence-electron chi connectivity index (χ3n) is 4.23. The number of hydrogen-bond acceptors (Lipinski definition) is 4. The van der Waals surface area contributed by atoms with Crippen molar-refractivity contribution >= 4 is 17.5 Å². The predicted octanol–water partition coefficient (Wildman–Crippen LogP) is 4.15. The topological polar surface area (TPSA) is 84.2 Å². The number of anilines is 1. The van der Waals surface area contributed by atoms with Gasteiger partial charge in [-0.1, -0.05) is 39.0 Å². The van der Waals surface area contributed by atoms with Gasteiger partial charge >= 0.3 is 0 Å². The van der Waals surface area contributed by atoms with Crippen LogP contribution in [0.3, 0.4) is 0 Å². The first-order chi connectivity index (χ1) is 13.3. The van der Waals surface area contributed by atoms with E-state index in [1.807, 2.05) is 24.3 Å². The van der Waals surface area contributed by atoms with Gasteiger partial charge in [0.1, 0.15) is 17.1 Å². The van der Waals surface area contributed by atoms with Gasteiger partial charge in [-0.15, -0.1) is 0 Å². The molecule has 28 heavy (non-hydrogen) atoms. The minimum absolute atomic E-state index is 0.0431. The van der Waals surface area contributed by atoms with Crippen molar-refractivity contribution in [2.24, 2.45) is 0 Å². The minimum Gasteiger partial charge on any atom is -0.467 e. The Kier molecular flexibility index (Phi) is 5.59. The van der Waals surface area contributed by atoms with Crippen molar-refractivity contribution in [1.29, 1.82) is 0 Å². The molecule has 2 amide bonds. The molecule has 2 N–H and O–H groups in total. The highest BCUT2D eigenvalue weighted by atomic mass is 16.3. The van der Waals surface area contributed by atoms with Crippen molar-refractivity contribution in [1.82, 2.24) is 10.3 Å². The number of hydrogen-bond donors (Lipinski definition) is 2. The summed E-state index contributed by atoms with van der Waals surface area (Å²) in [6.45, 7) is 6.65.